The van der Waals surface area contributed by atoms with Crippen molar-refractivity contribution in [2.24, 2.45) is 0 Å². The zero-order chi connectivity index (χ0) is 13.2. The maximum absolute atomic E-state index is 4.88. The molecule has 1 aliphatic heterocycles. The number of likely N-dealkylation sites (N-methyl/N-ethyl adjacent to an activating group) is 1. The van der Waals surface area contributed by atoms with Crippen molar-refractivity contribution in [1.29, 1.82) is 0 Å². The molecule has 0 saturated carbocycles. The van der Waals surface area contributed by atoms with Gasteiger partial charge in [-0.1, -0.05) is 37.3 Å². The van der Waals surface area contributed by atoms with Crippen molar-refractivity contribution in [1.82, 2.24) is 14.7 Å². The molecule has 0 fully saturated rings. The van der Waals surface area contributed by atoms with Crippen LogP contribution in [-0.4, -0.2) is 28.3 Å². The Labute approximate surface area is 114 Å². The molecule has 0 spiro atoms. The zero-order valence-electron chi connectivity index (χ0n) is 11.8. The lowest BCUT2D eigenvalue weighted by Crippen LogP contribution is -2.27. The maximum Gasteiger partial charge on any atom is 0.0971 e. The van der Waals surface area contributed by atoms with E-state index in [1.165, 1.54) is 22.5 Å². The fourth-order valence-electron chi connectivity index (χ4n) is 2.85. The first kappa shape index (κ1) is 12.4. The van der Waals surface area contributed by atoms with Crippen LogP contribution in [0.1, 0.15) is 24.6 Å². The van der Waals surface area contributed by atoms with Crippen LogP contribution >= 0.6 is 0 Å². The van der Waals surface area contributed by atoms with Crippen LogP contribution in [0.5, 0.6) is 0 Å². The number of benzene rings is 1. The highest BCUT2D eigenvalue weighted by atomic mass is 15.3. The Balaban J connectivity index is 2.09. The quantitative estimate of drug-likeness (QED) is 0.841. The van der Waals surface area contributed by atoms with Gasteiger partial charge in [0.05, 0.1) is 5.69 Å². The minimum absolute atomic E-state index is 1.02. The molecule has 0 N–H and O–H groups in total. The van der Waals surface area contributed by atoms with Gasteiger partial charge in [-0.15, -0.1) is 0 Å². The van der Waals surface area contributed by atoms with E-state index in [0.717, 1.165) is 32.5 Å². The van der Waals surface area contributed by atoms with Gasteiger partial charge in [-0.3, -0.25) is 4.68 Å². The van der Waals surface area contributed by atoms with E-state index in [1.807, 2.05) is 0 Å². The maximum atomic E-state index is 4.88. The summed E-state index contributed by atoms with van der Waals surface area (Å²) in [6.07, 6.45) is 2.25. The minimum atomic E-state index is 1.02. The molecule has 1 aromatic carbocycles. The predicted molar refractivity (Wildman–Crippen MR) is 78.0 cm³/mol. The fraction of sp³-hybridized carbons (Fsp3) is 0.438. The van der Waals surface area contributed by atoms with Crippen LogP contribution in [0.15, 0.2) is 30.3 Å². The van der Waals surface area contributed by atoms with E-state index in [2.05, 4.69) is 53.9 Å². The van der Waals surface area contributed by atoms with Gasteiger partial charge in [0.2, 0.25) is 0 Å². The van der Waals surface area contributed by atoms with Gasteiger partial charge in [0.15, 0.2) is 0 Å². The van der Waals surface area contributed by atoms with Crippen LogP contribution in [0.4, 0.5) is 0 Å². The van der Waals surface area contributed by atoms with Gasteiger partial charge in [0.1, 0.15) is 0 Å². The number of hydrogen-bond donors (Lipinski definition) is 0. The van der Waals surface area contributed by atoms with Gasteiger partial charge in [-0.25, -0.2) is 0 Å². The minimum Gasteiger partial charge on any atom is -0.302 e. The molecule has 2 aromatic rings. The summed E-state index contributed by atoms with van der Waals surface area (Å²) in [6.45, 7) is 5.39. The third-order valence-corrected chi connectivity index (χ3v) is 3.81. The van der Waals surface area contributed by atoms with Gasteiger partial charge >= 0.3 is 0 Å². The topological polar surface area (TPSA) is 21.1 Å². The number of nitrogens with zero attached hydrogens (tertiary/aromatic N) is 3. The Hall–Kier alpha value is -1.61. The lowest BCUT2D eigenvalue weighted by Gasteiger charge is -2.23. The normalized spacial score (nSPS) is 15.5. The van der Waals surface area contributed by atoms with Crippen LogP contribution in [0.3, 0.4) is 0 Å². The molecule has 1 aliphatic rings. The van der Waals surface area contributed by atoms with E-state index < -0.39 is 0 Å². The summed E-state index contributed by atoms with van der Waals surface area (Å²) in [6, 6.07) is 10.6. The SMILES string of the molecule is CCCn1nc(-c2ccccc2)c2c1CCN(C)C2. The summed E-state index contributed by atoms with van der Waals surface area (Å²) in [5.74, 6) is 0. The largest absolute Gasteiger partial charge is 0.302 e. The van der Waals surface area contributed by atoms with Crippen molar-refractivity contribution in [3.8, 4) is 11.3 Å². The lowest BCUT2D eigenvalue weighted by atomic mass is 10.0. The van der Waals surface area contributed by atoms with E-state index >= 15 is 0 Å². The van der Waals surface area contributed by atoms with Crippen LogP contribution in [0.2, 0.25) is 0 Å². The highest BCUT2D eigenvalue weighted by molar-refractivity contribution is 5.64. The molecule has 3 rings (SSSR count). The van der Waals surface area contributed by atoms with Gasteiger partial charge in [0.25, 0.3) is 0 Å². The number of fused-ring (bicyclic) bond motifs is 1. The summed E-state index contributed by atoms with van der Waals surface area (Å²) < 4.78 is 2.23. The van der Waals surface area contributed by atoms with Crippen LogP contribution < -0.4 is 0 Å². The number of hydrogen-bond acceptors (Lipinski definition) is 2. The molecular weight excluding hydrogens is 234 g/mol. The van der Waals surface area contributed by atoms with Gasteiger partial charge in [-0.05, 0) is 13.5 Å². The lowest BCUT2D eigenvalue weighted by molar-refractivity contribution is 0.307. The summed E-state index contributed by atoms with van der Waals surface area (Å²) in [5.41, 5.74) is 5.28. The van der Waals surface area contributed by atoms with Crippen molar-refractivity contribution in [2.75, 3.05) is 13.6 Å². The average Bonchev–Trinajstić information content (AvgIpc) is 2.78. The predicted octanol–water partition coefficient (Wildman–Crippen LogP) is 2.95. The highest BCUT2D eigenvalue weighted by Gasteiger charge is 2.23. The van der Waals surface area contributed by atoms with Gasteiger partial charge < -0.3 is 4.90 Å². The van der Waals surface area contributed by atoms with Crippen molar-refractivity contribution in [2.45, 2.75) is 32.9 Å². The summed E-state index contributed by atoms with van der Waals surface area (Å²) >= 11 is 0. The third kappa shape index (κ3) is 2.30. The van der Waals surface area contributed by atoms with E-state index in [4.69, 9.17) is 5.10 Å². The van der Waals surface area contributed by atoms with Crippen LogP contribution in [0.25, 0.3) is 11.3 Å². The number of aryl methyl sites for hydroxylation is 1. The third-order valence-electron chi connectivity index (χ3n) is 3.81. The molecule has 100 valence electrons. The second kappa shape index (κ2) is 5.17. The first-order chi connectivity index (χ1) is 9.29. The van der Waals surface area contributed by atoms with Crippen molar-refractivity contribution in [3.05, 3.63) is 41.6 Å². The fourth-order valence-corrected chi connectivity index (χ4v) is 2.85. The van der Waals surface area contributed by atoms with E-state index in [9.17, 15) is 0 Å². The average molecular weight is 255 g/mol. The summed E-state index contributed by atoms with van der Waals surface area (Å²) in [7, 11) is 2.19. The molecule has 0 saturated heterocycles. The van der Waals surface area contributed by atoms with Gasteiger partial charge in [-0.2, -0.15) is 5.10 Å². The molecular formula is C16H21N3. The van der Waals surface area contributed by atoms with E-state index in [0.29, 0.717) is 0 Å². The first-order valence-corrected chi connectivity index (χ1v) is 7.12. The van der Waals surface area contributed by atoms with Crippen molar-refractivity contribution < 1.29 is 0 Å². The Morgan fingerprint density at radius 3 is 2.74 bits per heavy atom. The Bertz CT molecular complexity index is 557. The highest BCUT2D eigenvalue weighted by Crippen LogP contribution is 2.29. The molecule has 2 heterocycles. The molecule has 0 amide bonds. The van der Waals surface area contributed by atoms with Crippen LogP contribution in [-0.2, 0) is 19.5 Å². The van der Waals surface area contributed by atoms with Crippen molar-refractivity contribution >= 4 is 0 Å². The molecule has 19 heavy (non-hydrogen) atoms. The van der Waals surface area contributed by atoms with Crippen molar-refractivity contribution in [3.63, 3.8) is 0 Å². The molecule has 0 aliphatic carbocycles. The standard InChI is InChI=1S/C16H21N3/c1-3-10-19-15-9-11-18(2)12-14(15)16(17-19)13-7-5-4-6-8-13/h4-8H,3,9-12H2,1-2H3. The number of aromatic nitrogens is 2. The molecule has 0 atom stereocenters. The second-order valence-corrected chi connectivity index (χ2v) is 5.35. The molecule has 3 nitrogen and oxygen atoms in total. The zero-order valence-corrected chi connectivity index (χ0v) is 11.8. The second-order valence-electron chi connectivity index (χ2n) is 5.35. The van der Waals surface area contributed by atoms with Gasteiger partial charge in [0, 0.05) is 42.9 Å². The van der Waals surface area contributed by atoms with E-state index in [-0.39, 0.29) is 0 Å². The monoisotopic (exact) mass is 255 g/mol. The van der Waals surface area contributed by atoms with Crippen LogP contribution in [0, 0.1) is 0 Å². The van der Waals surface area contributed by atoms with E-state index in [1.54, 1.807) is 0 Å². The summed E-state index contributed by atoms with van der Waals surface area (Å²) in [5, 5.41) is 4.88. The molecule has 1 aromatic heterocycles. The molecule has 0 bridgehead atoms. The molecule has 0 radical (unpaired) electrons. The molecule has 0 unspecified atom stereocenters. The smallest absolute Gasteiger partial charge is 0.0971 e. The summed E-state index contributed by atoms with van der Waals surface area (Å²) in [4.78, 5) is 2.38. The first-order valence-electron chi connectivity index (χ1n) is 7.12. The Morgan fingerprint density at radius 2 is 2.00 bits per heavy atom. The Kier molecular flexibility index (Phi) is 3.38. The molecule has 3 heteroatoms. The Morgan fingerprint density at radius 1 is 1.21 bits per heavy atom. The number of rotatable bonds is 3.